The van der Waals surface area contributed by atoms with Gasteiger partial charge in [0.05, 0.1) is 16.9 Å². The van der Waals surface area contributed by atoms with Crippen molar-refractivity contribution in [3.05, 3.63) is 203 Å². The summed E-state index contributed by atoms with van der Waals surface area (Å²) in [6.45, 7) is 0. The number of amidine groups is 2. The summed E-state index contributed by atoms with van der Waals surface area (Å²) in [4.78, 5) is 16.9. The van der Waals surface area contributed by atoms with Crippen LogP contribution in [0.3, 0.4) is 0 Å². The highest BCUT2D eigenvalue weighted by molar-refractivity contribution is 6.12. The molecule has 0 bridgehead atoms. The third kappa shape index (κ3) is 7.52. The van der Waals surface area contributed by atoms with E-state index in [1.54, 1.807) is 0 Å². The van der Waals surface area contributed by atoms with Crippen molar-refractivity contribution in [2.24, 2.45) is 62.3 Å². The van der Waals surface area contributed by atoms with Crippen LogP contribution >= 0.6 is 0 Å². The summed E-state index contributed by atoms with van der Waals surface area (Å²) in [6.07, 6.45) is 54.4. The molecule has 0 spiro atoms. The number of allylic oxidation sites excluding steroid dienone is 20. The Bertz CT molecular complexity index is 3020. The molecule has 6 nitrogen and oxygen atoms in total. The number of hydrogen-bond acceptors (Lipinski definition) is 5. The minimum absolute atomic E-state index is 0.189. The predicted octanol–water partition coefficient (Wildman–Crippen LogP) is 13.9. The van der Waals surface area contributed by atoms with Gasteiger partial charge in [0, 0.05) is 58.5 Å². The van der Waals surface area contributed by atoms with E-state index in [9.17, 15) is 0 Å². The van der Waals surface area contributed by atoms with Crippen LogP contribution in [0.2, 0.25) is 0 Å². The van der Waals surface area contributed by atoms with Gasteiger partial charge in [0.2, 0.25) is 0 Å². The Morgan fingerprint density at radius 2 is 1.60 bits per heavy atom. The minimum atomic E-state index is -0.207. The third-order valence-electron chi connectivity index (χ3n) is 16.6. The van der Waals surface area contributed by atoms with Gasteiger partial charge in [-0.2, -0.15) is 0 Å². The summed E-state index contributed by atoms with van der Waals surface area (Å²) in [5, 5.41) is 5.31. The first-order valence-electron chi connectivity index (χ1n) is 25.8. The molecule has 9 unspecified atom stereocenters. The number of fused-ring (bicyclic) bond motifs is 6. The molecule has 68 heavy (non-hydrogen) atoms. The van der Waals surface area contributed by atoms with Crippen LogP contribution in [0.4, 0.5) is 0 Å². The second-order valence-electron chi connectivity index (χ2n) is 20.6. The number of rotatable bonds is 8. The average molecular weight is 892 g/mol. The lowest BCUT2D eigenvalue weighted by molar-refractivity contribution is 0.296. The fraction of sp³-hybridized carbons (Fsp3) is 0.339. The zero-order valence-electron chi connectivity index (χ0n) is 39.0. The molecule has 0 saturated carbocycles. The van der Waals surface area contributed by atoms with E-state index in [0.717, 1.165) is 87.4 Å². The fourth-order valence-corrected chi connectivity index (χ4v) is 13.3. The predicted molar refractivity (Wildman–Crippen MR) is 279 cm³/mol. The van der Waals surface area contributed by atoms with Crippen LogP contribution in [-0.2, 0) is 11.2 Å². The van der Waals surface area contributed by atoms with Crippen LogP contribution in [0, 0.1) is 47.3 Å². The lowest BCUT2D eigenvalue weighted by Crippen LogP contribution is -2.43. The van der Waals surface area contributed by atoms with Gasteiger partial charge < -0.3 is 14.6 Å². The standard InChI is InChI=1S/C62H61N5O/c1-6-19-40(20-7-1)47-30-18-31-48(41-21-8-2-9-22-41)58(47)45-36-53(62-65-60(42-23-10-3-11-24-42)64-61(66-62)43-25-12-4-13-26-43)59(63-39-45)44-33-34-56-51(35-44)52-37-50-49-29-16-17-32-54(49)67(46-27-14-5-15-28-46)55(50)38-57(52)68-56/h1-3,5-8,10-11,14-19,21,23,25,27-32,34,38-40,42,44-45,47,51-52,58,61H,4,9,12-13,20,22,24,26,33,35-37H2,(H,64,65,66). The van der Waals surface area contributed by atoms with Crippen molar-refractivity contribution in [3.8, 4) is 5.69 Å². The first kappa shape index (κ1) is 41.6. The van der Waals surface area contributed by atoms with Crippen molar-refractivity contribution in [2.45, 2.75) is 83.2 Å². The second-order valence-corrected chi connectivity index (χ2v) is 20.6. The number of hydrogen-bond donors (Lipinski definition) is 1. The fourth-order valence-electron chi connectivity index (χ4n) is 13.3. The Morgan fingerprint density at radius 3 is 2.44 bits per heavy atom. The van der Waals surface area contributed by atoms with Gasteiger partial charge in [0.1, 0.15) is 23.2 Å². The van der Waals surface area contributed by atoms with Gasteiger partial charge in [0.15, 0.2) is 6.17 Å². The summed E-state index contributed by atoms with van der Waals surface area (Å²) in [7, 11) is 0. The number of nitrogens with one attached hydrogen (secondary N) is 1. The monoisotopic (exact) mass is 891 g/mol. The maximum absolute atomic E-state index is 6.94. The molecule has 0 radical (unpaired) electrons. The molecule has 4 heterocycles. The molecule has 1 N–H and O–H groups in total. The second kappa shape index (κ2) is 17.8. The van der Waals surface area contributed by atoms with E-state index in [4.69, 9.17) is 19.7 Å². The van der Waals surface area contributed by atoms with Crippen molar-refractivity contribution in [1.82, 2.24) is 9.88 Å². The number of aliphatic imine (C=N–C) groups is 3. The Kier molecular flexibility index (Phi) is 10.9. The largest absolute Gasteiger partial charge is 0.466 e. The van der Waals surface area contributed by atoms with Crippen molar-refractivity contribution < 1.29 is 4.74 Å². The van der Waals surface area contributed by atoms with Gasteiger partial charge in [0.25, 0.3) is 0 Å². The normalized spacial score (nSPS) is 31.4. The van der Waals surface area contributed by atoms with Crippen molar-refractivity contribution >= 4 is 34.9 Å². The average Bonchev–Trinajstić information content (AvgIpc) is 3.95. The summed E-state index contributed by atoms with van der Waals surface area (Å²) in [5.41, 5.74) is 12.0. The van der Waals surface area contributed by atoms with Gasteiger partial charge in [-0.15, -0.1) is 0 Å². The number of aromatic nitrogens is 1. The Hall–Kier alpha value is -6.53. The van der Waals surface area contributed by atoms with Crippen molar-refractivity contribution in [2.75, 3.05) is 0 Å². The zero-order chi connectivity index (χ0) is 45.0. The maximum Gasteiger partial charge on any atom is 0.165 e. The SMILES string of the molecule is C1=CCCC(C2=CC=CC(C3C=CC=CC3)C2C2C=NC(C3CC=C4OC5=Cc6c(c7ccccc7n6-c6ccccc6)CC5C4C3)=C(C3=NC(C4=CCCCC4)N=C(C4C=CC=CC4)N3)C2)=C1. The van der Waals surface area contributed by atoms with Gasteiger partial charge >= 0.3 is 0 Å². The lowest BCUT2D eigenvalue weighted by atomic mass is 9.64. The minimum Gasteiger partial charge on any atom is -0.466 e. The van der Waals surface area contributed by atoms with Gasteiger partial charge in [-0.1, -0.05) is 128 Å². The molecule has 0 amide bonds. The molecule has 1 aromatic heterocycles. The Morgan fingerprint density at radius 1 is 0.706 bits per heavy atom. The van der Waals surface area contributed by atoms with Crippen molar-refractivity contribution in [1.29, 1.82) is 0 Å². The number of ether oxygens (including phenoxy) is 1. The number of benzene rings is 2. The molecule has 7 aliphatic carbocycles. The van der Waals surface area contributed by atoms with Gasteiger partial charge in [-0.3, -0.25) is 4.99 Å². The zero-order valence-corrected chi connectivity index (χ0v) is 39.0. The first-order valence-corrected chi connectivity index (χ1v) is 25.8. The molecule has 2 aromatic carbocycles. The number of nitrogens with zero attached hydrogens (tertiary/aromatic N) is 4. The molecular weight excluding hydrogens is 831 g/mol. The summed E-state index contributed by atoms with van der Waals surface area (Å²) >= 11 is 0. The van der Waals surface area contributed by atoms with E-state index in [2.05, 4.69) is 174 Å². The van der Waals surface area contributed by atoms with E-state index in [0.29, 0.717) is 17.8 Å². The molecule has 10 aliphatic rings. The third-order valence-corrected chi connectivity index (χ3v) is 16.6. The number of para-hydroxylation sites is 2. The van der Waals surface area contributed by atoms with Crippen LogP contribution in [0.1, 0.15) is 81.9 Å². The molecular formula is C62H61N5O. The smallest absolute Gasteiger partial charge is 0.165 e. The molecule has 1 fully saturated rings. The summed E-state index contributed by atoms with van der Waals surface area (Å²) in [5.74, 6) is 6.59. The molecule has 340 valence electrons. The van der Waals surface area contributed by atoms with E-state index < -0.39 is 0 Å². The highest BCUT2D eigenvalue weighted by Gasteiger charge is 2.46. The van der Waals surface area contributed by atoms with Gasteiger partial charge in [-0.05, 0) is 141 Å². The first-order chi connectivity index (χ1) is 33.7. The lowest BCUT2D eigenvalue weighted by Gasteiger charge is -2.41. The molecule has 13 rings (SSSR count). The van der Waals surface area contributed by atoms with Crippen LogP contribution in [0.15, 0.2) is 206 Å². The molecule has 3 aromatic rings. The van der Waals surface area contributed by atoms with E-state index in [1.165, 1.54) is 68.7 Å². The molecule has 1 saturated heterocycles. The topological polar surface area (TPSA) is 63.3 Å². The van der Waals surface area contributed by atoms with E-state index >= 15 is 0 Å². The highest BCUT2D eigenvalue weighted by Crippen LogP contribution is 2.54. The molecule has 6 heteroatoms. The van der Waals surface area contributed by atoms with Crippen molar-refractivity contribution in [3.63, 3.8) is 0 Å². The van der Waals surface area contributed by atoms with Gasteiger partial charge in [-0.25, -0.2) is 9.98 Å². The Labute approximate surface area is 401 Å². The van der Waals surface area contributed by atoms with Crippen LogP contribution in [0.25, 0.3) is 22.7 Å². The Balaban J connectivity index is 0.890. The molecule has 3 aliphatic heterocycles. The molecule has 9 atom stereocenters. The van der Waals surface area contributed by atoms with Crippen LogP contribution in [-0.4, -0.2) is 28.6 Å². The summed E-state index contributed by atoms with van der Waals surface area (Å²) < 4.78 is 9.37. The van der Waals surface area contributed by atoms with Crippen LogP contribution < -0.4 is 5.32 Å². The summed E-state index contributed by atoms with van der Waals surface area (Å²) in [6, 6.07) is 19.7. The van der Waals surface area contributed by atoms with E-state index in [-0.39, 0.29) is 35.8 Å². The van der Waals surface area contributed by atoms with Crippen LogP contribution in [0.5, 0.6) is 0 Å². The quantitative estimate of drug-likeness (QED) is 0.229. The maximum atomic E-state index is 6.94. The highest BCUT2D eigenvalue weighted by atomic mass is 16.5. The van der Waals surface area contributed by atoms with E-state index in [1.807, 2.05) is 0 Å².